The number of amides is 2. The molecule has 3 rings (SSSR count). The van der Waals surface area contributed by atoms with Gasteiger partial charge in [-0.1, -0.05) is 34.8 Å². The summed E-state index contributed by atoms with van der Waals surface area (Å²) in [6.07, 6.45) is -4.84. The summed E-state index contributed by atoms with van der Waals surface area (Å²) in [5.74, 6) is -2.22. The van der Waals surface area contributed by atoms with Gasteiger partial charge in [0, 0.05) is 6.07 Å². The Kier molecular flexibility index (Phi) is 4.21. The highest BCUT2D eigenvalue weighted by molar-refractivity contribution is 6.45. The SMILES string of the molecule is Nc1c2c(cc(=O)n1-c1c(Cl)cc(C(F)(F)F)c(Cl)c1Cl)C(=O)NC2=O. The predicted molar refractivity (Wildman–Crippen MR) is 88.3 cm³/mol. The van der Waals surface area contributed by atoms with Crippen LogP contribution in [0.4, 0.5) is 19.0 Å². The van der Waals surface area contributed by atoms with Gasteiger partial charge in [0.05, 0.1) is 37.4 Å². The normalized spacial score (nSPS) is 13.8. The zero-order chi connectivity index (χ0) is 19.5. The van der Waals surface area contributed by atoms with E-state index >= 15 is 0 Å². The number of alkyl halides is 3. The van der Waals surface area contributed by atoms with Crippen molar-refractivity contribution in [2.75, 3.05) is 5.73 Å². The molecule has 1 aliphatic heterocycles. The summed E-state index contributed by atoms with van der Waals surface area (Å²) >= 11 is 17.5. The monoisotopic (exact) mass is 425 g/mol. The first-order chi connectivity index (χ1) is 11.9. The number of nitrogen functional groups attached to an aromatic ring is 1. The summed E-state index contributed by atoms with van der Waals surface area (Å²) in [5, 5.41) is -0.218. The van der Waals surface area contributed by atoms with E-state index in [1.807, 2.05) is 5.32 Å². The second kappa shape index (κ2) is 5.90. The largest absolute Gasteiger partial charge is 0.417 e. The van der Waals surface area contributed by atoms with Crippen LogP contribution in [-0.2, 0) is 6.18 Å². The molecular formula is C14H5Cl3F3N3O3. The van der Waals surface area contributed by atoms with Crippen molar-refractivity contribution in [1.29, 1.82) is 0 Å². The Morgan fingerprint density at radius 1 is 1.00 bits per heavy atom. The number of halogens is 6. The van der Waals surface area contributed by atoms with E-state index in [0.29, 0.717) is 10.6 Å². The van der Waals surface area contributed by atoms with Crippen molar-refractivity contribution in [2.24, 2.45) is 0 Å². The van der Waals surface area contributed by atoms with Gasteiger partial charge >= 0.3 is 6.18 Å². The van der Waals surface area contributed by atoms with Gasteiger partial charge in [-0.2, -0.15) is 13.2 Å². The molecule has 12 heteroatoms. The number of hydrogen-bond acceptors (Lipinski definition) is 4. The molecule has 0 unspecified atom stereocenters. The number of aromatic nitrogens is 1. The van der Waals surface area contributed by atoms with E-state index in [2.05, 4.69) is 0 Å². The molecular weight excluding hydrogens is 422 g/mol. The number of pyridine rings is 1. The lowest BCUT2D eigenvalue weighted by Crippen LogP contribution is -2.25. The van der Waals surface area contributed by atoms with Crippen LogP contribution in [0.2, 0.25) is 15.1 Å². The number of rotatable bonds is 1. The lowest BCUT2D eigenvalue weighted by molar-refractivity contribution is -0.137. The molecule has 0 radical (unpaired) electrons. The van der Waals surface area contributed by atoms with E-state index in [1.165, 1.54) is 0 Å². The number of carbonyl (C=O) groups is 2. The first kappa shape index (κ1) is 18.6. The van der Waals surface area contributed by atoms with E-state index in [0.717, 1.165) is 6.07 Å². The average Bonchev–Trinajstić information content (AvgIpc) is 2.79. The number of benzene rings is 1. The van der Waals surface area contributed by atoms with Crippen LogP contribution in [-0.4, -0.2) is 16.4 Å². The maximum atomic E-state index is 13.0. The lowest BCUT2D eigenvalue weighted by Gasteiger charge is -2.18. The molecule has 1 aliphatic rings. The molecule has 2 amide bonds. The second-order valence-electron chi connectivity index (χ2n) is 5.16. The minimum Gasteiger partial charge on any atom is -0.384 e. The minimum atomic E-state index is -4.84. The van der Waals surface area contributed by atoms with Gasteiger partial charge < -0.3 is 5.73 Å². The summed E-state index contributed by atoms with van der Waals surface area (Å²) in [6, 6.07) is 1.28. The molecule has 3 N–H and O–H groups in total. The summed E-state index contributed by atoms with van der Waals surface area (Å²) in [4.78, 5) is 35.8. The smallest absolute Gasteiger partial charge is 0.384 e. The highest BCUT2D eigenvalue weighted by Gasteiger charge is 2.37. The van der Waals surface area contributed by atoms with Crippen LogP contribution in [0.15, 0.2) is 16.9 Å². The van der Waals surface area contributed by atoms with Crippen LogP contribution in [0, 0.1) is 0 Å². The zero-order valence-corrected chi connectivity index (χ0v) is 14.4. The molecule has 0 spiro atoms. The van der Waals surface area contributed by atoms with Crippen molar-refractivity contribution in [3.05, 3.63) is 54.2 Å². The van der Waals surface area contributed by atoms with E-state index in [1.54, 1.807) is 0 Å². The molecule has 6 nitrogen and oxygen atoms in total. The van der Waals surface area contributed by atoms with Crippen molar-refractivity contribution < 1.29 is 22.8 Å². The Bertz CT molecular complexity index is 1060. The van der Waals surface area contributed by atoms with Crippen molar-refractivity contribution >= 4 is 52.4 Å². The molecule has 136 valence electrons. The second-order valence-corrected chi connectivity index (χ2v) is 6.32. The fourth-order valence-electron chi connectivity index (χ4n) is 2.51. The lowest BCUT2D eigenvalue weighted by atomic mass is 10.1. The number of nitrogens with two attached hydrogens (primary N) is 1. The van der Waals surface area contributed by atoms with Crippen LogP contribution in [0.1, 0.15) is 26.3 Å². The van der Waals surface area contributed by atoms with Crippen LogP contribution in [0.25, 0.3) is 5.69 Å². The fourth-order valence-corrected chi connectivity index (χ4v) is 3.38. The molecule has 1 aromatic carbocycles. The Balaban J connectivity index is 2.39. The van der Waals surface area contributed by atoms with Crippen LogP contribution in [0.3, 0.4) is 0 Å². The van der Waals surface area contributed by atoms with E-state index in [-0.39, 0.29) is 11.1 Å². The molecule has 0 atom stereocenters. The third kappa shape index (κ3) is 2.63. The van der Waals surface area contributed by atoms with Gasteiger partial charge in [0.25, 0.3) is 17.4 Å². The molecule has 0 aliphatic carbocycles. The number of hydrogen-bond donors (Lipinski definition) is 2. The number of carbonyl (C=O) groups excluding carboxylic acids is 2. The van der Waals surface area contributed by atoms with E-state index in [9.17, 15) is 27.6 Å². The third-order valence-corrected chi connectivity index (χ3v) is 4.76. The zero-order valence-electron chi connectivity index (χ0n) is 12.2. The molecule has 0 saturated carbocycles. The molecule has 1 aromatic heterocycles. The average molecular weight is 427 g/mol. The molecule has 0 bridgehead atoms. The van der Waals surface area contributed by atoms with Gasteiger partial charge in [0.1, 0.15) is 5.82 Å². The summed E-state index contributed by atoms with van der Waals surface area (Å²) in [7, 11) is 0. The van der Waals surface area contributed by atoms with Gasteiger partial charge in [0.2, 0.25) is 0 Å². The quantitative estimate of drug-likeness (QED) is 0.540. The summed E-state index contributed by atoms with van der Waals surface area (Å²) < 4.78 is 39.6. The maximum Gasteiger partial charge on any atom is 0.417 e. The first-order valence-electron chi connectivity index (χ1n) is 6.61. The van der Waals surface area contributed by atoms with Crippen molar-refractivity contribution in [2.45, 2.75) is 6.18 Å². The highest BCUT2D eigenvalue weighted by Crippen LogP contribution is 2.44. The summed E-state index contributed by atoms with van der Waals surface area (Å²) in [5.41, 5.74) is 2.53. The first-order valence-corrected chi connectivity index (χ1v) is 7.74. The van der Waals surface area contributed by atoms with E-state index in [4.69, 9.17) is 40.5 Å². The molecule has 2 aromatic rings. The van der Waals surface area contributed by atoms with Crippen molar-refractivity contribution in [3.8, 4) is 5.69 Å². The van der Waals surface area contributed by atoms with Gasteiger partial charge in [-0.25, -0.2) is 0 Å². The standard InChI is InChI=1S/C14H5Cl3F3N3O3/c15-5-2-4(14(18,19)20)8(16)9(17)10(5)23-6(24)1-3-7(11(23)21)13(26)22-12(3)25/h1-2H,21H2,(H,22,25,26). The van der Waals surface area contributed by atoms with Crippen LogP contribution >= 0.6 is 34.8 Å². The maximum absolute atomic E-state index is 13.0. The number of anilines is 1. The Hall–Kier alpha value is -2.23. The number of imide groups is 1. The van der Waals surface area contributed by atoms with E-state index < -0.39 is 55.7 Å². The van der Waals surface area contributed by atoms with Gasteiger partial charge in [-0.05, 0) is 6.07 Å². The molecule has 26 heavy (non-hydrogen) atoms. The van der Waals surface area contributed by atoms with Crippen molar-refractivity contribution in [1.82, 2.24) is 9.88 Å². The number of nitrogens with zero attached hydrogens (tertiary/aromatic N) is 1. The van der Waals surface area contributed by atoms with Crippen molar-refractivity contribution in [3.63, 3.8) is 0 Å². The predicted octanol–water partition coefficient (Wildman–Crippen LogP) is 3.28. The van der Waals surface area contributed by atoms with Gasteiger partial charge in [-0.15, -0.1) is 0 Å². The van der Waals surface area contributed by atoms with Crippen LogP contribution in [0.5, 0.6) is 0 Å². The molecule has 2 heterocycles. The number of fused-ring (bicyclic) bond motifs is 1. The summed E-state index contributed by atoms with van der Waals surface area (Å²) in [6.45, 7) is 0. The topological polar surface area (TPSA) is 94.2 Å². The Morgan fingerprint density at radius 2 is 1.62 bits per heavy atom. The molecule has 0 saturated heterocycles. The number of nitrogens with one attached hydrogen (secondary N) is 1. The molecule has 0 fully saturated rings. The van der Waals surface area contributed by atoms with Gasteiger partial charge in [-0.3, -0.25) is 24.3 Å². The fraction of sp³-hybridized carbons (Fsp3) is 0.0714. The highest BCUT2D eigenvalue weighted by atomic mass is 35.5. The van der Waals surface area contributed by atoms with Gasteiger partial charge in [0.15, 0.2) is 0 Å². The minimum absolute atomic E-state index is 0.265. The third-order valence-electron chi connectivity index (χ3n) is 3.62. The van der Waals surface area contributed by atoms with Crippen LogP contribution < -0.4 is 16.6 Å². The Labute approximate surface area is 157 Å². The Morgan fingerprint density at radius 3 is 2.19 bits per heavy atom.